The Morgan fingerprint density at radius 3 is 2.83 bits per heavy atom. The summed E-state index contributed by atoms with van der Waals surface area (Å²) in [5, 5.41) is 0. The maximum absolute atomic E-state index is 4.23. The highest BCUT2D eigenvalue weighted by Crippen LogP contribution is 2.03. The Balaban J connectivity index is 3.35. The first kappa shape index (κ1) is 9.98. The van der Waals surface area contributed by atoms with Crippen molar-refractivity contribution in [2.75, 3.05) is 0 Å². The van der Waals surface area contributed by atoms with Crippen LogP contribution in [0.25, 0.3) is 0 Å². The van der Waals surface area contributed by atoms with Gasteiger partial charge in [0.25, 0.3) is 0 Å². The molecule has 0 aromatic carbocycles. The van der Waals surface area contributed by atoms with Gasteiger partial charge in [0.2, 0.25) is 0 Å². The van der Waals surface area contributed by atoms with Crippen LogP contribution in [0.4, 0.5) is 0 Å². The van der Waals surface area contributed by atoms with Gasteiger partial charge < -0.3 is 4.98 Å². The maximum Gasteiger partial charge on any atom is 0.108 e. The molecule has 0 fully saturated rings. The molecule has 0 amide bonds. The van der Waals surface area contributed by atoms with Crippen LogP contribution < -0.4 is 0 Å². The summed E-state index contributed by atoms with van der Waals surface area (Å²) in [5.74, 6) is 0.877. The van der Waals surface area contributed by atoms with Gasteiger partial charge in [-0.25, -0.2) is 4.98 Å². The molecular weight excluding hydrogens is 331 g/mol. The Bertz CT molecular complexity index is 291. The van der Waals surface area contributed by atoms with E-state index in [-0.39, 0.29) is 0 Å². The predicted octanol–water partition coefficient (Wildman–Crippen LogP) is 3.21. The van der Waals surface area contributed by atoms with E-state index in [4.69, 9.17) is 0 Å². The summed E-state index contributed by atoms with van der Waals surface area (Å²) in [5.41, 5.74) is 0. The molecule has 0 spiro atoms. The number of aryl methyl sites for hydroxylation is 1. The molecule has 1 rings (SSSR count). The molecule has 2 nitrogen and oxygen atoms in total. The van der Waals surface area contributed by atoms with Gasteiger partial charge in [-0.05, 0) is 57.6 Å². The molecule has 0 saturated carbocycles. The number of nitrogens with zero attached hydrogens (tertiary/aromatic N) is 1. The van der Waals surface area contributed by atoms with Crippen LogP contribution in [0.2, 0.25) is 0 Å². The first-order chi connectivity index (χ1) is 5.68. The number of hydrogen-bond acceptors (Lipinski definition) is 1. The number of H-pyrrole nitrogens is 1. The molecule has 0 aliphatic heterocycles. The van der Waals surface area contributed by atoms with Crippen molar-refractivity contribution in [1.29, 1.82) is 0 Å². The highest BCUT2D eigenvalue weighted by molar-refractivity contribution is 14.1. The van der Waals surface area contributed by atoms with Crippen molar-refractivity contribution in [1.82, 2.24) is 9.97 Å². The minimum atomic E-state index is 0.822. The summed E-state index contributed by atoms with van der Waals surface area (Å²) in [7, 11) is 0. The molecule has 1 heterocycles. The van der Waals surface area contributed by atoms with Crippen LogP contribution in [-0.4, -0.2) is 9.97 Å². The van der Waals surface area contributed by atoms with Crippen LogP contribution in [0.3, 0.4) is 0 Å². The second-order valence-electron chi connectivity index (χ2n) is 2.21. The molecule has 1 N–H and O–H groups in total. The van der Waals surface area contributed by atoms with E-state index < -0.39 is 0 Å². The standard InChI is InChI=1S/C8H8BrIN2/c1-6-11-7(9)4-2-3-5-8(10)12-6/h2-5H,1H3,(H,11,12). The topological polar surface area (TPSA) is 28.7 Å². The molecule has 0 unspecified atom stereocenters. The van der Waals surface area contributed by atoms with E-state index in [1.54, 1.807) is 0 Å². The summed E-state index contributed by atoms with van der Waals surface area (Å²) in [6.07, 6.45) is 0. The molecular formula is C8H8BrIN2. The fourth-order valence-electron chi connectivity index (χ4n) is 0.715. The summed E-state index contributed by atoms with van der Waals surface area (Å²) in [6.45, 7) is 1.92. The highest BCUT2D eigenvalue weighted by atomic mass is 127. The van der Waals surface area contributed by atoms with Crippen molar-refractivity contribution >= 4 is 38.5 Å². The van der Waals surface area contributed by atoms with Gasteiger partial charge in [0.05, 0.1) is 3.70 Å². The second-order valence-corrected chi connectivity index (χ2v) is 4.19. The van der Waals surface area contributed by atoms with Crippen LogP contribution in [0, 0.1) is 10.6 Å². The molecule has 1 aromatic rings. The zero-order chi connectivity index (χ0) is 8.97. The molecule has 12 heavy (non-hydrogen) atoms. The summed E-state index contributed by atoms with van der Waals surface area (Å²) in [4.78, 5) is 7.36. The Hall–Kier alpha value is -0.100. The van der Waals surface area contributed by atoms with Crippen molar-refractivity contribution in [2.24, 2.45) is 0 Å². The number of aromatic amines is 1. The van der Waals surface area contributed by atoms with Gasteiger partial charge in [-0.2, -0.15) is 0 Å². The number of halogens is 2. The summed E-state index contributed by atoms with van der Waals surface area (Å²) < 4.78 is 1.88. The summed E-state index contributed by atoms with van der Waals surface area (Å²) in [6, 6.07) is 7.79. The lowest BCUT2D eigenvalue weighted by Gasteiger charge is -1.87. The van der Waals surface area contributed by atoms with E-state index in [1.807, 2.05) is 31.2 Å². The SMILES string of the molecule is Cc1nc(Br)ccccc(I)[nH]1. The Morgan fingerprint density at radius 1 is 1.42 bits per heavy atom. The zero-order valence-electron chi connectivity index (χ0n) is 6.51. The zero-order valence-corrected chi connectivity index (χ0v) is 10.3. The maximum atomic E-state index is 4.23. The van der Waals surface area contributed by atoms with Crippen LogP contribution in [0.5, 0.6) is 0 Å². The van der Waals surface area contributed by atoms with Crippen molar-refractivity contribution in [3.8, 4) is 0 Å². The van der Waals surface area contributed by atoms with E-state index >= 15 is 0 Å². The minimum Gasteiger partial charge on any atom is -0.339 e. The molecule has 1 aromatic heterocycles. The van der Waals surface area contributed by atoms with Gasteiger partial charge in [-0.3, -0.25) is 0 Å². The highest BCUT2D eigenvalue weighted by Gasteiger charge is 1.84. The van der Waals surface area contributed by atoms with E-state index in [0.29, 0.717) is 0 Å². The van der Waals surface area contributed by atoms with E-state index in [9.17, 15) is 0 Å². The van der Waals surface area contributed by atoms with Crippen LogP contribution >= 0.6 is 38.5 Å². The number of nitrogens with one attached hydrogen (secondary N) is 1. The monoisotopic (exact) mass is 338 g/mol. The second kappa shape index (κ2) is 4.81. The summed E-state index contributed by atoms with van der Waals surface area (Å²) >= 11 is 5.54. The molecule has 0 saturated heterocycles. The average Bonchev–Trinajstić information content (AvgIpc) is 2.01. The third-order valence-corrected chi connectivity index (χ3v) is 2.23. The largest absolute Gasteiger partial charge is 0.339 e. The van der Waals surface area contributed by atoms with Crippen molar-refractivity contribution in [3.63, 3.8) is 0 Å². The molecule has 0 bridgehead atoms. The van der Waals surface area contributed by atoms with Gasteiger partial charge in [0, 0.05) is 0 Å². The molecule has 4 heteroatoms. The van der Waals surface area contributed by atoms with Crippen molar-refractivity contribution in [3.05, 3.63) is 38.4 Å². The number of rotatable bonds is 0. The van der Waals surface area contributed by atoms with Crippen LogP contribution in [0.15, 0.2) is 28.9 Å². The van der Waals surface area contributed by atoms with Crippen LogP contribution in [0.1, 0.15) is 5.82 Å². The minimum absolute atomic E-state index is 0.822. The third-order valence-electron chi connectivity index (χ3n) is 1.16. The molecule has 0 atom stereocenters. The quantitative estimate of drug-likeness (QED) is 0.723. The lowest BCUT2D eigenvalue weighted by molar-refractivity contribution is 1.05. The molecule has 0 aliphatic rings. The van der Waals surface area contributed by atoms with Gasteiger partial charge in [-0.1, -0.05) is 12.1 Å². The van der Waals surface area contributed by atoms with Crippen LogP contribution in [-0.2, 0) is 0 Å². The molecule has 0 radical (unpaired) electrons. The lowest BCUT2D eigenvalue weighted by atomic mass is 10.5. The van der Waals surface area contributed by atoms with Gasteiger partial charge in [-0.15, -0.1) is 0 Å². The number of hydrogen-bond donors (Lipinski definition) is 1. The van der Waals surface area contributed by atoms with E-state index in [1.165, 1.54) is 0 Å². The predicted molar refractivity (Wildman–Crippen MR) is 61.4 cm³/mol. The smallest absolute Gasteiger partial charge is 0.108 e. The Morgan fingerprint density at radius 2 is 2.08 bits per heavy atom. The first-order valence-electron chi connectivity index (χ1n) is 3.40. The normalized spacial score (nSPS) is 9.25. The first-order valence-corrected chi connectivity index (χ1v) is 5.27. The lowest BCUT2D eigenvalue weighted by Crippen LogP contribution is -1.83. The Labute approximate surface area is 93.4 Å². The van der Waals surface area contributed by atoms with Gasteiger partial charge in [0.15, 0.2) is 0 Å². The number of aromatic nitrogens is 2. The fraction of sp³-hybridized carbons (Fsp3) is 0.125. The van der Waals surface area contributed by atoms with Crippen molar-refractivity contribution in [2.45, 2.75) is 6.92 Å². The molecule has 0 aliphatic carbocycles. The van der Waals surface area contributed by atoms with Gasteiger partial charge >= 0.3 is 0 Å². The van der Waals surface area contributed by atoms with E-state index in [2.05, 4.69) is 48.5 Å². The third kappa shape index (κ3) is 3.53. The fourth-order valence-corrected chi connectivity index (χ4v) is 1.73. The molecule has 64 valence electrons. The average molecular weight is 339 g/mol. The van der Waals surface area contributed by atoms with E-state index in [0.717, 1.165) is 14.1 Å². The van der Waals surface area contributed by atoms with Crippen molar-refractivity contribution < 1.29 is 0 Å². The van der Waals surface area contributed by atoms with Gasteiger partial charge in [0.1, 0.15) is 10.4 Å². The Kier molecular flexibility index (Phi) is 4.00.